The van der Waals surface area contributed by atoms with E-state index in [0.29, 0.717) is 19.1 Å². The van der Waals surface area contributed by atoms with E-state index in [1.807, 2.05) is 11.8 Å². The molecule has 4 unspecified atom stereocenters. The van der Waals surface area contributed by atoms with Crippen LogP contribution in [0.1, 0.15) is 26.7 Å². The van der Waals surface area contributed by atoms with Crippen molar-refractivity contribution in [1.29, 1.82) is 0 Å². The second-order valence-electron chi connectivity index (χ2n) is 5.58. The lowest BCUT2D eigenvalue weighted by atomic mass is 9.94. The van der Waals surface area contributed by atoms with Gasteiger partial charge in [0.15, 0.2) is 0 Å². The summed E-state index contributed by atoms with van der Waals surface area (Å²) >= 11 is 0. The van der Waals surface area contributed by atoms with Gasteiger partial charge in [-0.15, -0.1) is 0 Å². The van der Waals surface area contributed by atoms with Crippen LogP contribution in [-0.2, 0) is 9.53 Å². The number of hydrogen-bond acceptors (Lipinski definition) is 4. The SMILES string of the molecule is CC1CCC(C(=O)N2CC(C)OC(CO)C2)CN1. The molecule has 2 heterocycles. The summed E-state index contributed by atoms with van der Waals surface area (Å²) in [6.07, 6.45) is 1.80. The average Bonchev–Trinajstić information content (AvgIpc) is 2.38. The second-order valence-corrected chi connectivity index (χ2v) is 5.58. The minimum atomic E-state index is -0.229. The maximum Gasteiger partial charge on any atom is 0.227 e. The third-order valence-corrected chi connectivity index (χ3v) is 3.85. The predicted octanol–water partition coefficient (Wildman–Crippen LogP) is -0.0173. The molecule has 2 saturated heterocycles. The maximum atomic E-state index is 12.4. The van der Waals surface area contributed by atoms with Gasteiger partial charge >= 0.3 is 0 Å². The van der Waals surface area contributed by atoms with Gasteiger partial charge in [0.05, 0.1) is 24.7 Å². The van der Waals surface area contributed by atoms with Crippen LogP contribution < -0.4 is 5.32 Å². The zero-order valence-electron chi connectivity index (χ0n) is 11.3. The highest BCUT2D eigenvalue weighted by Gasteiger charge is 2.33. The Balaban J connectivity index is 1.91. The number of hydrogen-bond donors (Lipinski definition) is 2. The molecule has 104 valence electrons. The van der Waals surface area contributed by atoms with Crippen LogP contribution in [0, 0.1) is 5.92 Å². The smallest absolute Gasteiger partial charge is 0.227 e. The number of amides is 1. The molecule has 0 aromatic carbocycles. The van der Waals surface area contributed by atoms with E-state index in [9.17, 15) is 9.90 Å². The average molecular weight is 256 g/mol. The molecule has 0 aromatic rings. The first-order chi connectivity index (χ1) is 8.60. The number of piperidine rings is 1. The molecule has 0 aliphatic carbocycles. The summed E-state index contributed by atoms with van der Waals surface area (Å²) in [5, 5.41) is 12.5. The zero-order chi connectivity index (χ0) is 13.1. The van der Waals surface area contributed by atoms with Crippen molar-refractivity contribution in [2.24, 2.45) is 5.92 Å². The molecule has 2 aliphatic rings. The van der Waals surface area contributed by atoms with Gasteiger partial charge in [-0.05, 0) is 26.7 Å². The van der Waals surface area contributed by atoms with Gasteiger partial charge in [-0.2, -0.15) is 0 Å². The van der Waals surface area contributed by atoms with Crippen molar-refractivity contribution in [2.75, 3.05) is 26.2 Å². The monoisotopic (exact) mass is 256 g/mol. The van der Waals surface area contributed by atoms with Crippen LogP contribution in [-0.4, -0.2) is 60.4 Å². The van der Waals surface area contributed by atoms with Gasteiger partial charge in [-0.3, -0.25) is 4.79 Å². The molecule has 4 atom stereocenters. The molecule has 0 aromatic heterocycles. The molecular weight excluding hydrogens is 232 g/mol. The van der Waals surface area contributed by atoms with E-state index < -0.39 is 0 Å². The molecule has 18 heavy (non-hydrogen) atoms. The number of morpholine rings is 1. The van der Waals surface area contributed by atoms with Gasteiger partial charge < -0.3 is 20.1 Å². The summed E-state index contributed by atoms with van der Waals surface area (Å²) in [5.41, 5.74) is 0. The lowest BCUT2D eigenvalue weighted by Gasteiger charge is -2.39. The molecule has 5 heteroatoms. The molecule has 2 aliphatic heterocycles. The minimum Gasteiger partial charge on any atom is -0.394 e. The highest BCUT2D eigenvalue weighted by molar-refractivity contribution is 5.79. The van der Waals surface area contributed by atoms with E-state index >= 15 is 0 Å². The van der Waals surface area contributed by atoms with Gasteiger partial charge in [0.2, 0.25) is 5.91 Å². The summed E-state index contributed by atoms with van der Waals surface area (Å²) < 4.78 is 5.56. The van der Waals surface area contributed by atoms with Crippen LogP contribution in [0.3, 0.4) is 0 Å². The Labute approximate surface area is 108 Å². The third-order valence-electron chi connectivity index (χ3n) is 3.85. The standard InChI is InChI=1S/C13H24N2O3/c1-9-3-4-11(5-14-9)13(17)15-6-10(2)18-12(7-15)8-16/h9-12,14,16H,3-8H2,1-2H3. The highest BCUT2D eigenvalue weighted by Crippen LogP contribution is 2.19. The van der Waals surface area contributed by atoms with Crippen molar-refractivity contribution in [2.45, 2.75) is 44.9 Å². The van der Waals surface area contributed by atoms with Crippen LogP contribution in [0.25, 0.3) is 0 Å². The molecule has 5 nitrogen and oxygen atoms in total. The number of carbonyl (C=O) groups is 1. The first-order valence-corrected chi connectivity index (χ1v) is 6.88. The number of aliphatic hydroxyl groups is 1. The fraction of sp³-hybridized carbons (Fsp3) is 0.923. The van der Waals surface area contributed by atoms with Crippen molar-refractivity contribution in [3.05, 3.63) is 0 Å². The first kappa shape index (κ1) is 13.8. The molecule has 2 fully saturated rings. The van der Waals surface area contributed by atoms with Crippen molar-refractivity contribution >= 4 is 5.91 Å². The summed E-state index contributed by atoms with van der Waals surface area (Å²) in [5.74, 6) is 0.300. The Morgan fingerprint density at radius 3 is 2.78 bits per heavy atom. The number of rotatable bonds is 2. The Kier molecular flexibility index (Phi) is 4.59. The van der Waals surface area contributed by atoms with Gasteiger partial charge in [0.25, 0.3) is 0 Å². The number of aliphatic hydroxyl groups excluding tert-OH is 1. The van der Waals surface area contributed by atoms with Crippen LogP contribution >= 0.6 is 0 Å². The van der Waals surface area contributed by atoms with Crippen molar-refractivity contribution in [3.8, 4) is 0 Å². The minimum absolute atomic E-state index is 0.00956. The van der Waals surface area contributed by atoms with Crippen molar-refractivity contribution < 1.29 is 14.6 Å². The second kappa shape index (κ2) is 5.99. The fourth-order valence-electron chi connectivity index (χ4n) is 2.79. The van der Waals surface area contributed by atoms with E-state index in [0.717, 1.165) is 19.4 Å². The summed E-state index contributed by atoms with van der Waals surface area (Å²) in [6.45, 7) is 6.01. The Morgan fingerprint density at radius 1 is 1.39 bits per heavy atom. The fourth-order valence-corrected chi connectivity index (χ4v) is 2.79. The number of carbonyl (C=O) groups excluding carboxylic acids is 1. The van der Waals surface area contributed by atoms with Gasteiger partial charge in [-0.25, -0.2) is 0 Å². The van der Waals surface area contributed by atoms with E-state index in [-0.39, 0.29) is 30.6 Å². The topological polar surface area (TPSA) is 61.8 Å². The summed E-state index contributed by atoms with van der Waals surface area (Å²) in [6, 6.07) is 0.517. The van der Waals surface area contributed by atoms with E-state index in [4.69, 9.17) is 4.74 Å². The Hall–Kier alpha value is -0.650. The van der Waals surface area contributed by atoms with Crippen LogP contribution in [0.15, 0.2) is 0 Å². The molecule has 0 saturated carbocycles. The van der Waals surface area contributed by atoms with Crippen molar-refractivity contribution in [3.63, 3.8) is 0 Å². The number of ether oxygens (including phenoxy) is 1. The zero-order valence-corrected chi connectivity index (χ0v) is 11.3. The lowest BCUT2D eigenvalue weighted by Crippen LogP contribution is -2.54. The van der Waals surface area contributed by atoms with E-state index in [2.05, 4.69) is 12.2 Å². The van der Waals surface area contributed by atoms with E-state index in [1.165, 1.54) is 0 Å². The van der Waals surface area contributed by atoms with Gasteiger partial charge in [0, 0.05) is 25.7 Å². The van der Waals surface area contributed by atoms with Crippen LogP contribution in [0.2, 0.25) is 0 Å². The Morgan fingerprint density at radius 2 is 2.17 bits per heavy atom. The van der Waals surface area contributed by atoms with Gasteiger partial charge in [-0.1, -0.05) is 0 Å². The third kappa shape index (κ3) is 3.22. The van der Waals surface area contributed by atoms with Crippen molar-refractivity contribution in [1.82, 2.24) is 10.2 Å². The molecule has 1 amide bonds. The Bertz CT molecular complexity index is 290. The largest absolute Gasteiger partial charge is 0.394 e. The molecule has 0 radical (unpaired) electrons. The summed E-state index contributed by atoms with van der Waals surface area (Å²) in [4.78, 5) is 14.3. The molecule has 2 N–H and O–H groups in total. The lowest BCUT2D eigenvalue weighted by molar-refractivity contribution is -0.151. The molecule has 0 bridgehead atoms. The number of nitrogens with zero attached hydrogens (tertiary/aromatic N) is 1. The quantitative estimate of drug-likeness (QED) is 0.729. The predicted molar refractivity (Wildman–Crippen MR) is 68.2 cm³/mol. The van der Waals surface area contributed by atoms with Crippen LogP contribution in [0.5, 0.6) is 0 Å². The van der Waals surface area contributed by atoms with E-state index in [1.54, 1.807) is 0 Å². The van der Waals surface area contributed by atoms with Crippen LogP contribution in [0.4, 0.5) is 0 Å². The highest BCUT2D eigenvalue weighted by atomic mass is 16.5. The van der Waals surface area contributed by atoms with Gasteiger partial charge in [0.1, 0.15) is 0 Å². The first-order valence-electron chi connectivity index (χ1n) is 6.88. The summed E-state index contributed by atoms with van der Waals surface area (Å²) in [7, 11) is 0. The number of nitrogens with one attached hydrogen (secondary N) is 1. The molecule has 0 spiro atoms. The molecule has 2 rings (SSSR count). The normalized spacial score (nSPS) is 37.6. The maximum absolute atomic E-state index is 12.4. The molecular formula is C13H24N2O3.